The van der Waals surface area contributed by atoms with E-state index in [1.165, 1.54) is 6.07 Å². The monoisotopic (exact) mass is 362 g/mol. The van der Waals surface area contributed by atoms with Gasteiger partial charge in [-0.05, 0) is 30.0 Å². The molecule has 1 atom stereocenters. The average molecular weight is 362 g/mol. The van der Waals surface area contributed by atoms with E-state index in [1.54, 1.807) is 30.6 Å². The summed E-state index contributed by atoms with van der Waals surface area (Å²) in [5.74, 6) is -0.510. The minimum Gasteiger partial charge on any atom is -0.372 e. The maximum Gasteiger partial charge on any atom is 0.163 e. The van der Waals surface area contributed by atoms with Crippen molar-refractivity contribution in [2.24, 2.45) is 5.41 Å². The fourth-order valence-electron chi connectivity index (χ4n) is 3.86. The van der Waals surface area contributed by atoms with Crippen LogP contribution in [0.25, 0.3) is 0 Å². The molecule has 0 radical (unpaired) electrons. The Morgan fingerprint density at radius 3 is 2.81 bits per heavy atom. The molecule has 0 saturated heterocycles. The van der Waals surface area contributed by atoms with Gasteiger partial charge < -0.3 is 10.6 Å². The smallest absolute Gasteiger partial charge is 0.163 e. The number of fused-ring (bicyclic) bond motifs is 1. The van der Waals surface area contributed by atoms with E-state index >= 15 is 0 Å². The average Bonchev–Trinajstić information content (AvgIpc) is 2.76. The van der Waals surface area contributed by atoms with E-state index in [4.69, 9.17) is 5.26 Å². The van der Waals surface area contributed by atoms with Crippen LogP contribution in [-0.2, 0) is 4.79 Å². The zero-order valence-corrected chi connectivity index (χ0v) is 15.1. The van der Waals surface area contributed by atoms with Crippen LogP contribution in [0, 0.1) is 22.6 Å². The van der Waals surface area contributed by atoms with Crippen LogP contribution in [-0.4, -0.2) is 10.8 Å². The summed E-state index contributed by atoms with van der Waals surface area (Å²) in [5, 5.41) is 15.7. The van der Waals surface area contributed by atoms with Gasteiger partial charge in [0.05, 0.1) is 35.2 Å². The Balaban J connectivity index is 1.90. The van der Waals surface area contributed by atoms with Crippen LogP contribution in [0.4, 0.5) is 15.8 Å². The van der Waals surface area contributed by atoms with Crippen LogP contribution in [0.3, 0.4) is 0 Å². The molecule has 4 rings (SSSR count). The van der Waals surface area contributed by atoms with Crippen molar-refractivity contribution in [1.82, 2.24) is 4.98 Å². The summed E-state index contributed by atoms with van der Waals surface area (Å²) >= 11 is 0. The molecule has 6 heteroatoms. The maximum atomic E-state index is 14.8. The van der Waals surface area contributed by atoms with Gasteiger partial charge in [0, 0.05) is 29.5 Å². The van der Waals surface area contributed by atoms with Crippen molar-refractivity contribution in [2.45, 2.75) is 32.7 Å². The van der Waals surface area contributed by atoms with Crippen LogP contribution in [0.15, 0.2) is 47.9 Å². The van der Waals surface area contributed by atoms with Crippen LogP contribution in [0.2, 0.25) is 0 Å². The number of ketones is 1. The summed E-state index contributed by atoms with van der Waals surface area (Å²) in [4.78, 5) is 17.2. The molecule has 136 valence electrons. The number of carbonyl (C=O) groups is 1. The molecule has 5 nitrogen and oxygen atoms in total. The molecule has 1 aliphatic carbocycles. The number of hydrogen-bond donors (Lipinski definition) is 2. The van der Waals surface area contributed by atoms with Crippen molar-refractivity contribution in [3.63, 3.8) is 0 Å². The molecule has 2 aromatic rings. The highest BCUT2D eigenvalue weighted by Gasteiger charge is 2.39. The minimum atomic E-state index is -0.632. The molecule has 27 heavy (non-hydrogen) atoms. The lowest BCUT2D eigenvalue weighted by Crippen LogP contribution is -2.31. The molecule has 1 unspecified atom stereocenters. The topological polar surface area (TPSA) is 77.8 Å². The SMILES string of the molecule is CC1(C)CC(=O)C2=C(C1)Nc1cnccc1NC2c1ccc(C#N)cc1F. The highest BCUT2D eigenvalue weighted by molar-refractivity contribution is 6.01. The first-order chi connectivity index (χ1) is 12.9. The van der Waals surface area contributed by atoms with Gasteiger partial charge >= 0.3 is 0 Å². The van der Waals surface area contributed by atoms with Crippen molar-refractivity contribution in [1.29, 1.82) is 5.26 Å². The molecule has 1 aromatic heterocycles. The number of aromatic nitrogens is 1. The van der Waals surface area contributed by atoms with Crippen molar-refractivity contribution in [3.05, 3.63) is 64.9 Å². The van der Waals surface area contributed by atoms with E-state index in [1.807, 2.05) is 6.07 Å². The van der Waals surface area contributed by atoms with Crippen molar-refractivity contribution in [2.75, 3.05) is 10.6 Å². The lowest BCUT2D eigenvalue weighted by atomic mass is 9.73. The molecule has 0 fully saturated rings. The highest BCUT2D eigenvalue weighted by Crippen LogP contribution is 2.45. The quantitative estimate of drug-likeness (QED) is 0.790. The summed E-state index contributed by atoms with van der Waals surface area (Å²) in [6.07, 6.45) is 4.42. The van der Waals surface area contributed by atoms with E-state index in [9.17, 15) is 9.18 Å². The number of hydrogen-bond acceptors (Lipinski definition) is 5. The van der Waals surface area contributed by atoms with Crippen LogP contribution in [0.1, 0.15) is 43.9 Å². The third kappa shape index (κ3) is 3.06. The molecule has 0 spiro atoms. The third-order valence-corrected chi connectivity index (χ3v) is 5.06. The first-order valence-corrected chi connectivity index (χ1v) is 8.81. The van der Waals surface area contributed by atoms with E-state index in [-0.39, 0.29) is 16.8 Å². The van der Waals surface area contributed by atoms with Gasteiger partial charge in [0.2, 0.25) is 0 Å². The molecular formula is C21H19FN4O. The molecule has 2 heterocycles. The normalized spacial score (nSPS) is 20.5. The molecular weight excluding hydrogens is 343 g/mol. The number of nitrogens with one attached hydrogen (secondary N) is 2. The minimum absolute atomic E-state index is 0.00391. The number of allylic oxidation sites excluding steroid dienone is 1. The Bertz CT molecular complexity index is 1020. The van der Waals surface area contributed by atoms with Crippen LogP contribution in [0.5, 0.6) is 0 Å². The van der Waals surface area contributed by atoms with Gasteiger partial charge in [-0.25, -0.2) is 4.39 Å². The second-order valence-corrected chi connectivity index (χ2v) is 7.80. The number of pyridine rings is 1. The Kier molecular flexibility index (Phi) is 3.96. The van der Waals surface area contributed by atoms with E-state index in [2.05, 4.69) is 29.5 Å². The molecule has 1 aromatic carbocycles. The second kappa shape index (κ2) is 6.20. The van der Waals surface area contributed by atoms with Gasteiger partial charge in [0.1, 0.15) is 5.82 Å². The van der Waals surface area contributed by atoms with Crippen molar-refractivity contribution >= 4 is 17.2 Å². The van der Waals surface area contributed by atoms with Gasteiger partial charge in [-0.1, -0.05) is 19.9 Å². The lowest BCUT2D eigenvalue weighted by Gasteiger charge is -2.34. The number of Topliss-reactive ketones (excluding diaryl/α,β-unsaturated/α-hetero) is 1. The fourth-order valence-corrected chi connectivity index (χ4v) is 3.86. The van der Waals surface area contributed by atoms with Gasteiger partial charge in [-0.15, -0.1) is 0 Å². The first kappa shape index (κ1) is 17.2. The second-order valence-electron chi connectivity index (χ2n) is 7.80. The van der Waals surface area contributed by atoms with Gasteiger partial charge in [-0.2, -0.15) is 5.26 Å². The molecule has 0 amide bonds. The van der Waals surface area contributed by atoms with E-state index in [0.29, 0.717) is 24.0 Å². The highest BCUT2D eigenvalue weighted by atomic mass is 19.1. The van der Waals surface area contributed by atoms with E-state index in [0.717, 1.165) is 17.1 Å². The van der Waals surface area contributed by atoms with Crippen molar-refractivity contribution in [3.8, 4) is 6.07 Å². The summed E-state index contributed by atoms with van der Waals surface area (Å²) in [7, 11) is 0. The maximum absolute atomic E-state index is 14.8. The molecule has 0 bridgehead atoms. The van der Waals surface area contributed by atoms with Gasteiger partial charge in [0.15, 0.2) is 5.78 Å². The predicted molar refractivity (Wildman–Crippen MR) is 100 cm³/mol. The molecule has 2 aliphatic rings. The Hall–Kier alpha value is -3.20. The number of nitrogens with zero attached hydrogens (tertiary/aromatic N) is 2. The zero-order chi connectivity index (χ0) is 19.2. The van der Waals surface area contributed by atoms with Gasteiger partial charge in [0.25, 0.3) is 0 Å². The lowest BCUT2D eigenvalue weighted by molar-refractivity contribution is -0.118. The molecule has 2 N–H and O–H groups in total. The summed E-state index contributed by atoms with van der Waals surface area (Å²) in [6, 6.07) is 7.47. The standard InChI is InChI=1S/C21H19FN4O/c1-21(2)8-16-19(18(27)9-21)20(13-4-3-12(10-23)7-14(13)22)26-15-5-6-24-11-17(15)25-16/h3-7,11,20,25-26H,8-9H2,1-2H3. The largest absolute Gasteiger partial charge is 0.372 e. The number of benzene rings is 1. The molecule has 0 saturated carbocycles. The van der Waals surface area contributed by atoms with Crippen molar-refractivity contribution < 1.29 is 9.18 Å². The van der Waals surface area contributed by atoms with Crippen LogP contribution >= 0.6 is 0 Å². The predicted octanol–water partition coefficient (Wildman–Crippen LogP) is 4.31. The number of anilines is 2. The summed E-state index contributed by atoms with van der Waals surface area (Å²) in [6.45, 7) is 4.10. The first-order valence-electron chi connectivity index (χ1n) is 8.81. The number of nitriles is 1. The van der Waals surface area contributed by atoms with Crippen LogP contribution < -0.4 is 10.6 Å². The fraction of sp³-hybridized carbons (Fsp3) is 0.286. The Morgan fingerprint density at radius 2 is 2.07 bits per heavy atom. The number of rotatable bonds is 1. The Morgan fingerprint density at radius 1 is 1.26 bits per heavy atom. The number of carbonyl (C=O) groups excluding carboxylic acids is 1. The zero-order valence-electron chi connectivity index (χ0n) is 15.1. The molecule has 1 aliphatic heterocycles. The Labute approximate surface area is 156 Å². The summed E-state index contributed by atoms with van der Waals surface area (Å²) in [5.41, 5.74) is 3.27. The van der Waals surface area contributed by atoms with Gasteiger partial charge in [-0.3, -0.25) is 9.78 Å². The van der Waals surface area contributed by atoms with E-state index < -0.39 is 11.9 Å². The summed E-state index contributed by atoms with van der Waals surface area (Å²) < 4.78 is 14.8. The third-order valence-electron chi connectivity index (χ3n) is 5.06. The number of halogens is 1.